The average molecular weight is 539 g/mol. The molecule has 1 atom stereocenters. The van der Waals surface area contributed by atoms with Crippen molar-refractivity contribution in [3.8, 4) is 5.82 Å². The lowest BCUT2D eigenvalue weighted by atomic mass is 9.93. The van der Waals surface area contributed by atoms with E-state index in [4.69, 9.17) is 0 Å². The fraction of sp³-hybridized carbons (Fsp3) is 0.353. The molecule has 6 heteroatoms. The van der Waals surface area contributed by atoms with E-state index in [0.29, 0.717) is 19.5 Å². The molecule has 0 saturated carbocycles. The number of aliphatic hydroxyl groups is 1. The Kier molecular flexibility index (Phi) is 9.23. The first kappa shape index (κ1) is 29.2. The van der Waals surface area contributed by atoms with Gasteiger partial charge >= 0.3 is 0 Å². The SMILES string of the molecule is Cc1ccc(CNC(=O)Cc2cccc(CC(C)(C)NC[C@H](O)c3ccc(-n4c(C)ccc4C)nc3)c2)cc1C. The number of hydrogen-bond donors (Lipinski definition) is 3. The third-order valence-electron chi connectivity index (χ3n) is 7.49. The summed E-state index contributed by atoms with van der Waals surface area (Å²) in [6.45, 7) is 13.5. The second-order valence-electron chi connectivity index (χ2n) is 11.6. The van der Waals surface area contributed by atoms with Crippen LogP contribution in [0.15, 0.2) is 72.9 Å². The summed E-state index contributed by atoms with van der Waals surface area (Å²) in [5.74, 6) is 0.862. The summed E-state index contributed by atoms with van der Waals surface area (Å²) in [5.41, 5.74) is 8.52. The van der Waals surface area contributed by atoms with Gasteiger partial charge in [0.2, 0.25) is 5.91 Å². The molecule has 2 aromatic heterocycles. The van der Waals surface area contributed by atoms with Crippen molar-refractivity contribution in [2.45, 2.75) is 72.6 Å². The van der Waals surface area contributed by atoms with E-state index in [1.165, 1.54) is 11.1 Å². The Balaban J connectivity index is 1.29. The summed E-state index contributed by atoms with van der Waals surface area (Å²) >= 11 is 0. The molecule has 4 aromatic rings. The molecule has 0 aliphatic carbocycles. The van der Waals surface area contributed by atoms with Crippen LogP contribution in [0.25, 0.3) is 5.82 Å². The number of pyridine rings is 1. The molecule has 2 heterocycles. The third-order valence-corrected chi connectivity index (χ3v) is 7.49. The predicted molar refractivity (Wildman–Crippen MR) is 162 cm³/mol. The van der Waals surface area contributed by atoms with Crippen LogP contribution in [0, 0.1) is 27.7 Å². The van der Waals surface area contributed by atoms with Crippen LogP contribution in [0.2, 0.25) is 0 Å². The standard InChI is InChI=1S/C34H42N4O2/c1-23-10-13-29(16-24(23)2)20-36-33(40)18-27-8-7-9-28(17-27)19-34(5,6)37-22-31(39)30-14-15-32(35-21-30)38-25(3)11-12-26(38)4/h7-17,21,31,37,39H,18-20,22H2,1-6H3,(H,36,40)/t31-/m0/s1. The second kappa shape index (κ2) is 12.6. The third kappa shape index (κ3) is 7.68. The number of carbonyl (C=O) groups is 1. The highest BCUT2D eigenvalue weighted by Gasteiger charge is 2.20. The molecule has 210 valence electrons. The number of aliphatic hydroxyl groups excluding tert-OH is 1. The number of rotatable bonds is 11. The highest BCUT2D eigenvalue weighted by atomic mass is 16.3. The Labute approximate surface area is 238 Å². The van der Waals surface area contributed by atoms with Crippen LogP contribution >= 0.6 is 0 Å². The number of β-amino-alcohol motifs (C(OH)–C–C–N with tert-alkyl or cyclic N) is 1. The van der Waals surface area contributed by atoms with Crippen LogP contribution in [-0.4, -0.2) is 32.6 Å². The van der Waals surface area contributed by atoms with Gasteiger partial charge in [-0.3, -0.25) is 4.79 Å². The quantitative estimate of drug-likeness (QED) is 0.232. The van der Waals surface area contributed by atoms with E-state index in [9.17, 15) is 9.90 Å². The lowest BCUT2D eigenvalue weighted by Crippen LogP contribution is -2.43. The zero-order valence-corrected chi connectivity index (χ0v) is 24.6. The van der Waals surface area contributed by atoms with Gasteiger partial charge < -0.3 is 20.3 Å². The molecule has 0 saturated heterocycles. The van der Waals surface area contributed by atoms with Gasteiger partial charge in [0, 0.05) is 41.8 Å². The van der Waals surface area contributed by atoms with Crippen LogP contribution in [0.1, 0.15) is 64.7 Å². The van der Waals surface area contributed by atoms with Crippen molar-refractivity contribution in [2.24, 2.45) is 0 Å². The first-order chi connectivity index (χ1) is 19.0. The maximum absolute atomic E-state index is 12.6. The van der Waals surface area contributed by atoms with Crippen LogP contribution in [0.4, 0.5) is 0 Å². The Bertz CT molecular complexity index is 1430. The maximum atomic E-state index is 12.6. The van der Waals surface area contributed by atoms with Crippen molar-refractivity contribution in [3.05, 3.63) is 118 Å². The zero-order valence-electron chi connectivity index (χ0n) is 24.6. The van der Waals surface area contributed by atoms with Gasteiger partial charge in [-0.05, 0) is 94.0 Å². The molecule has 2 aromatic carbocycles. The number of hydrogen-bond acceptors (Lipinski definition) is 4. The number of nitrogens with one attached hydrogen (secondary N) is 2. The van der Waals surface area contributed by atoms with Crippen molar-refractivity contribution in [1.29, 1.82) is 0 Å². The zero-order chi connectivity index (χ0) is 28.9. The van der Waals surface area contributed by atoms with E-state index in [2.05, 4.69) is 104 Å². The van der Waals surface area contributed by atoms with Gasteiger partial charge in [-0.15, -0.1) is 0 Å². The summed E-state index contributed by atoms with van der Waals surface area (Å²) in [6, 6.07) is 22.5. The van der Waals surface area contributed by atoms with Gasteiger partial charge in [0.15, 0.2) is 0 Å². The molecule has 0 aliphatic heterocycles. The first-order valence-electron chi connectivity index (χ1n) is 14.0. The van der Waals surface area contributed by atoms with E-state index in [0.717, 1.165) is 45.9 Å². The molecule has 40 heavy (non-hydrogen) atoms. The predicted octanol–water partition coefficient (Wildman–Crippen LogP) is 5.61. The molecule has 0 radical (unpaired) electrons. The van der Waals surface area contributed by atoms with Crippen LogP contribution in [0.3, 0.4) is 0 Å². The van der Waals surface area contributed by atoms with Crippen molar-refractivity contribution in [1.82, 2.24) is 20.2 Å². The molecule has 3 N–H and O–H groups in total. The minimum absolute atomic E-state index is 0.0117. The Morgan fingerprint density at radius 1 is 0.900 bits per heavy atom. The highest BCUT2D eigenvalue weighted by molar-refractivity contribution is 5.78. The minimum Gasteiger partial charge on any atom is -0.387 e. The number of amides is 1. The van der Waals surface area contributed by atoms with E-state index in [1.807, 2.05) is 24.3 Å². The fourth-order valence-corrected chi connectivity index (χ4v) is 5.03. The van der Waals surface area contributed by atoms with Gasteiger partial charge in [0.05, 0.1) is 12.5 Å². The van der Waals surface area contributed by atoms with E-state index in [1.54, 1.807) is 6.20 Å². The number of benzene rings is 2. The lowest BCUT2D eigenvalue weighted by Gasteiger charge is -2.28. The van der Waals surface area contributed by atoms with Gasteiger partial charge in [0.1, 0.15) is 5.82 Å². The van der Waals surface area contributed by atoms with Crippen LogP contribution in [0.5, 0.6) is 0 Å². The topological polar surface area (TPSA) is 79.2 Å². The number of nitrogens with zero attached hydrogens (tertiary/aromatic N) is 2. The normalized spacial score (nSPS) is 12.4. The van der Waals surface area contributed by atoms with Crippen molar-refractivity contribution in [2.75, 3.05) is 6.54 Å². The average Bonchev–Trinajstić information content (AvgIpc) is 3.25. The summed E-state index contributed by atoms with van der Waals surface area (Å²) in [7, 11) is 0. The van der Waals surface area contributed by atoms with Crippen molar-refractivity contribution in [3.63, 3.8) is 0 Å². The molecule has 0 bridgehead atoms. The molecular formula is C34H42N4O2. The Hall–Kier alpha value is -3.74. The lowest BCUT2D eigenvalue weighted by molar-refractivity contribution is -0.120. The van der Waals surface area contributed by atoms with Gasteiger partial charge in [-0.25, -0.2) is 4.98 Å². The summed E-state index contributed by atoms with van der Waals surface area (Å²) in [5, 5.41) is 17.4. The Morgan fingerprint density at radius 3 is 2.30 bits per heavy atom. The van der Waals surface area contributed by atoms with Gasteiger partial charge in [-0.2, -0.15) is 0 Å². The molecule has 1 amide bonds. The number of aromatic nitrogens is 2. The highest BCUT2D eigenvalue weighted by Crippen LogP contribution is 2.20. The Morgan fingerprint density at radius 2 is 1.62 bits per heavy atom. The monoisotopic (exact) mass is 538 g/mol. The first-order valence-corrected chi connectivity index (χ1v) is 14.0. The molecule has 0 fully saturated rings. The number of aryl methyl sites for hydroxylation is 4. The molecule has 0 aliphatic rings. The van der Waals surface area contributed by atoms with Gasteiger partial charge in [-0.1, -0.05) is 48.5 Å². The van der Waals surface area contributed by atoms with Gasteiger partial charge in [0.25, 0.3) is 0 Å². The molecule has 0 unspecified atom stereocenters. The second-order valence-corrected chi connectivity index (χ2v) is 11.6. The molecule has 4 rings (SSSR count). The largest absolute Gasteiger partial charge is 0.387 e. The van der Waals surface area contributed by atoms with E-state index >= 15 is 0 Å². The number of carbonyl (C=O) groups excluding carboxylic acids is 1. The molecule has 0 spiro atoms. The molecular weight excluding hydrogens is 496 g/mol. The van der Waals surface area contributed by atoms with Crippen molar-refractivity contribution >= 4 is 5.91 Å². The maximum Gasteiger partial charge on any atom is 0.224 e. The van der Waals surface area contributed by atoms with E-state index < -0.39 is 6.10 Å². The summed E-state index contributed by atoms with van der Waals surface area (Å²) in [4.78, 5) is 17.2. The van der Waals surface area contributed by atoms with Crippen LogP contribution in [-0.2, 0) is 24.2 Å². The summed E-state index contributed by atoms with van der Waals surface area (Å²) in [6.07, 6.45) is 2.19. The van der Waals surface area contributed by atoms with Crippen LogP contribution < -0.4 is 10.6 Å². The van der Waals surface area contributed by atoms with Crippen molar-refractivity contribution < 1.29 is 9.90 Å². The fourth-order valence-electron chi connectivity index (χ4n) is 5.03. The van der Waals surface area contributed by atoms with E-state index in [-0.39, 0.29) is 11.4 Å². The summed E-state index contributed by atoms with van der Waals surface area (Å²) < 4.78 is 2.10. The smallest absolute Gasteiger partial charge is 0.224 e. The molecule has 6 nitrogen and oxygen atoms in total. The minimum atomic E-state index is -0.667.